The molecule has 0 saturated heterocycles. The molecule has 0 aromatic rings. The molecule has 0 atom stereocenters. The van der Waals surface area contributed by atoms with Crippen LogP contribution in [-0.2, 0) is 0 Å². The van der Waals surface area contributed by atoms with Crippen molar-refractivity contribution in [3.05, 3.63) is 36.0 Å². The lowest BCUT2D eigenvalue weighted by molar-refractivity contribution is 0.797. The zero-order chi connectivity index (χ0) is 9.40. The molecule has 0 radical (unpaired) electrons. The van der Waals surface area contributed by atoms with E-state index < -0.39 is 0 Å². The van der Waals surface area contributed by atoms with E-state index >= 15 is 0 Å². The highest BCUT2D eigenvalue weighted by Gasteiger charge is 1.89. The Kier molecular flexibility index (Phi) is 6.45. The molecule has 0 aliphatic carbocycles. The molecule has 0 fully saturated rings. The van der Waals surface area contributed by atoms with Gasteiger partial charge in [-0.2, -0.15) is 0 Å². The third-order valence-corrected chi connectivity index (χ3v) is 1.77. The first-order chi connectivity index (χ1) is 5.70. The number of hydrogen-bond donors (Lipinski definition) is 0. The summed E-state index contributed by atoms with van der Waals surface area (Å²) in [4.78, 5) is 0. The molecule has 68 valence electrons. The SMILES string of the molecule is C=C(C)/C=C\C(=C/C)CCCC. The fourth-order valence-corrected chi connectivity index (χ4v) is 0.954. The fourth-order valence-electron chi connectivity index (χ4n) is 0.954. The second-order valence-electron chi connectivity index (χ2n) is 3.15. The third-order valence-electron chi connectivity index (χ3n) is 1.77. The molecular weight excluding hydrogens is 144 g/mol. The van der Waals surface area contributed by atoms with E-state index in [1.807, 2.05) is 6.92 Å². The Morgan fingerprint density at radius 1 is 1.33 bits per heavy atom. The van der Waals surface area contributed by atoms with Crippen molar-refractivity contribution in [1.29, 1.82) is 0 Å². The van der Waals surface area contributed by atoms with Gasteiger partial charge in [0.05, 0.1) is 0 Å². The van der Waals surface area contributed by atoms with Crippen LogP contribution in [0.25, 0.3) is 0 Å². The van der Waals surface area contributed by atoms with Gasteiger partial charge in [0.1, 0.15) is 0 Å². The summed E-state index contributed by atoms with van der Waals surface area (Å²) in [5.74, 6) is 0. The normalized spacial score (nSPS) is 12.4. The first kappa shape index (κ1) is 11.2. The van der Waals surface area contributed by atoms with Gasteiger partial charge in [0, 0.05) is 0 Å². The summed E-state index contributed by atoms with van der Waals surface area (Å²) in [7, 11) is 0. The minimum atomic E-state index is 1.12. The number of hydrogen-bond acceptors (Lipinski definition) is 0. The zero-order valence-corrected chi connectivity index (χ0v) is 8.56. The number of allylic oxidation sites excluding steroid dienone is 5. The summed E-state index contributed by atoms with van der Waals surface area (Å²) in [5.41, 5.74) is 2.53. The molecule has 0 heteroatoms. The van der Waals surface area contributed by atoms with Gasteiger partial charge in [0.25, 0.3) is 0 Å². The average molecular weight is 164 g/mol. The molecule has 0 aliphatic rings. The van der Waals surface area contributed by atoms with Crippen molar-refractivity contribution in [3.8, 4) is 0 Å². The Hall–Kier alpha value is -0.780. The van der Waals surface area contributed by atoms with Gasteiger partial charge in [-0.15, -0.1) is 0 Å². The Labute approximate surface area is 76.7 Å². The monoisotopic (exact) mass is 164 g/mol. The lowest BCUT2D eigenvalue weighted by Crippen LogP contribution is -1.78. The van der Waals surface area contributed by atoms with Gasteiger partial charge < -0.3 is 0 Å². The van der Waals surface area contributed by atoms with Crippen LogP contribution in [0.5, 0.6) is 0 Å². The molecular formula is C12H20. The van der Waals surface area contributed by atoms with Crippen molar-refractivity contribution in [2.24, 2.45) is 0 Å². The number of rotatable bonds is 5. The highest BCUT2D eigenvalue weighted by Crippen LogP contribution is 2.09. The molecule has 0 rings (SSSR count). The van der Waals surface area contributed by atoms with E-state index in [1.165, 1.54) is 24.8 Å². The Bertz CT molecular complexity index is 182. The molecule has 0 heterocycles. The maximum absolute atomic E-state index is 3.83. The Morgan fingerprint density at radius 2 is 2.00 bits per heavy atom. The first-order valence-electron chi connectivity index (χ1n) is 4.69. The van der Waals surface area contributed by atoms with Crippen molar-refractivity contribution >= 4 is 0 Å². The summed E-state index contributed by atoms with van der Waals surface area (Å²) in [5, 5.41) is 0. The van der Waals surface area contributed by atoms with E-state index in [4.69, 9.17) is 0 Å². The van der Waals surface area contributed by atoms with Crippen molar-refractivity contribution in [1.82, 2.24) is 0 Å². The quantitative estimate of drug-likeness (QED) is 0.533. The minimum Gasteiger partial charge on any atom is -0.0961 e. The molecule has 0 spiro atoms. The van der Waals surface area contributed by atoms with Crippen LogP contribution < -0.4 is 0 Å². The van der Waals surface area contributed by atoms with E-state index in [0.717, 1.165) is 5.57 Å². The molecule has 0 nitrogen and oxygen atoms in total. The summed E-state index contributed by atoms with van der Waals surface area (Å²) in [6.07, 6.45) is 10.1. The standard InChI is InChI=1S/C12H20/c1-5-7-8-12(6-2)10-9-11(3)4/h6,9-10H,3,5,7-8H2,1-2,4H3/b10-9-,12-6-. The van der Waals surface area contributed by atoms with Crippen LogP contribution in [0.15, 0.2) is 36.0 Å². The lowest BCUT2D eigenvalue weighted by atomic mass is 10.1. The van der Waals surface area contributed by atoms with Gasteiger partial charge in [-0.1, -0.05) is 49.3 Å². The molecule has 0 saturated carbocycles. The molecule has 0 bridgehead atoms. The summed E-state index contributed by atoms with van der Waals surface area (Å²) in [6.45, 7) is 10.2. The second-order valence-corrected chi connectivity index (χ2v) is 3.15. The van der Waals surface area contributed by atoms with Gasteiger partial charge in [0.2, 0.25) is 0 Å². The van der Waals surface area contributed by atoms with Crippen molar-refractivity contribution < 1.29 is 0 Å². The summed E-state index contributed by atoms with van der Waals surface area (Å²) >= 11 is 0. The van der Waals surface area contributed by atoms with Crippen molar-refractivity contribution in [2.75, 3.05) is 0 Å². The van der Waals surface area contributed by atoms with Crippen LogP contribution in [0.4, 0.5) is 0 Å². The predicted octanol–water partition coefficient (Wildman–Crippen LogP) is 4.26. The lowest BCUT2D eigenvalue weighted by Gasteiger charge is -1.98. The maximum Gasteiger partial charge on any atom is -0.0282 e. The van der Waals surface area contributed by atoms with E-state index in [-0.39, 0.29) is 0 Å². The van der Waals surface area contributed by atoms with Crippen molar-refractivity contribution in [3.63, 3.8) is 0 Å². The largest absolute Gasteiger partial charge is 0.0961 e. The van der Waals surface area contributed by atoms with Crippen LogP contribution in [-0.4, -0.2) is 0 Å². The minimum absolute atomic E-state index is 1.12. The molecule has 0 aliphatic heterocycles. The highest BCUT2D eigenvalue weighted by atomic mass is 13.9. The summed E-state index contributed by atoms with van der Waals surface area (Å²) in [6, 6.07) is 0. The van der Waals surface area contributed by atoms with Gasteiger partial charge in [0.15, 0.2) is 0 Å². The summed E-state index contributed by atoms with van der Waals surface area (Å²) < 4.78 is 0. The molecule has 12 heavy (non-hydrogen) atoms. The number of unbranched alkanes of at least 4 members (excludes halogenated alkanes) is 1. The van der Waals surface area contributed by atoms with Crippen LogP contribution in [0.3, 0.4) is 0 Å². The second kappa shape index (κ2) is 6.90. The van der Waals surface area contributed by atoms with Gasteiger partial charge in [-0.25, -0.2) is 0 Å². The average Bonchev–Trinajstić information content (AvgIpc) is 2.05. The van der Waals surface area contributed by atoms with Crippen molar-refractivity contribution in [2.45, 2.75) is 40.0 Å². The highest BCUT2D eigenvalue weighted by molar-refractivity contribution is 5.24. The molecule has 0 amide bonds. The van der Waals surface area contributed by atoms with Gasteiger partial charge >= 0.3 is 0 Å². The zero-order valence-electron chi connectivity index (χ0n) is 8.56. The fraction of sp³-hybridized carbons (Fsp3) is 0.500. The molecule has 0 N–H and O–H groups in total. The van der Waals surface area contributed by atoms with Gasteiger partial charge in [-0.3, -0.25) is 0 Å². The smallest absolute Gasteiger partial charge is 0.0282 e. The van der Waals surface area contributed by atoms with Crippen LogP contribution in [0.2, 0.25) is 0 Å². The van der Waals surface area contributed by atoms with E-state index in [0.29, 0.717) is 0 Å². The topological polar surface area (TPSA) is 0 Å². The van der Waals surface area contributed by atoms with E-state index in [9.17, 15) is 0 Å². The van der Waals surface area contributed by atoms with Gasteiger partial charge in [-0.05, 0) is 26.7 Å². The Morgan fingerprint density at radius 3 is 2.42 bits per heavy atom. The van der Waals surface area contributed by atoms with Crippen LogP contribution in [0, 0.1) is 0 Å². The maximum atomic E-state index is 3.83. The Balaban J connectivity index is 3.92. The molecule has 0 unspecified atom stereocenters. The van der Waals surface area contributed by atoms with Crippen LogP contribution in [0.1, 0.15) is 40.0 Å². The third kappa shape index (κ3) is 5.96. The van der Waals surface area contributed by atoms with E-state index in [2.05, 4.69) is 38.7 Å². The predicted molar refractivity (Wildman–Crippen MR) is 57.2 cm³/mol. The molecule has 0 aromatic carbocycles. The van der Waals surface area contributed by atoms with E-state index in [1.54, 1.807) is 0 Å². The first-order valence-corrected chi connectivity index (χ1v) is 4.69. The van der Waals surface area contributed by atoms with Crippen LogP contribution >= 0.6 is 0 Å². The molecule has 0 aromatic heterocycles.